The molecule has 146 valence electrons. The Morgan fingerprint density at radius 1 is 1.37 bits per heavy atom. The summed E-state index contributed by atoms with van der Waals surface area (Å²) in [5.74, 6) is 0.904. The first-order chi connectivity index (χ1) is 13.2. The van der Waals surface area contributed by atoms with E-state index in [1.807, 2.05) is 4.90 Å². The van der Waals surface area contributed by atoms with Crippen molar-refractivity contribution in [2.24, 2.45) is 5.92 Å². The van der Waals surface area contributed by atoms with Gasteiger partial charge in [0.25, 0.3) is 0 Å². The molecule has 0 aromatic carbocycles. The average molecular weight is 375 g/mol. The Balaban J connectivity index is 1.52. The molecule has 3 heterocycles. The number of nitrogens with zero attached hydrogens (tertiary/aromatic N) is 4. The predicted octanol–water partition coefficient (Wildman–Crippen LogP) is 0.390. The van der Waals surface area contributed by atoms with Crippen LogP contribution in [0.1, 0.15) is 19.3 Å². The predicted molar refractivity (Wildman–Crippen MR) is 99.0 cm³/mol. The number of ether oxygens (including phenoxy) is 2. The number of H-pyrrole nitrogens is 1. The van der Waals surface area contributed by atoms with Gasteiger partial charge >= 0.3 is 0 Å². The normalized spacial score (nSPS) is 26.3. The van der Waals surface area contributed by atoms with Crippen LogP contribution < -0.4 is 11.1 Å². The van der Waals surface area contributed by atoms with E-state index in [9.17, 15) is 4.79 Å². The first-order valence-electron chi connectivity index (χ1n) is 9.28. The van der Waals surface area contributed by atoms with E-state index < -0.39 is 0 Å². The molecule has 27 heavy (non-hydrogen) atoms. The van der Waals surface area contributed by atoms with Crippen LogP contribution in [0.5, 0.6) is 0 Å². The van der Waals surface area contributed by atoms with Gasteiger partial charge in [0.05, 0.1) is 31.7 Å². The summed E-state index contributed by atoms with van der Waals surface area (Å²) in [5, 5.41) is 3.42. The van der Waals surface area contributed by atoms with Crippen LogP contribution in [0.15, 0.2) is 6.33 Å². The van der Waals surface area contributed by atoms with E-state index in [0.29, 0.717) is 49.7 Å². The molecule has 1 amide bonds. The van der Waals surface area contributed by atoms with Gasteiger partial charge in [-0.15, -0.1) is 0 Å². The average Bonchev–Trinajstić information content (AvgIpc) is 3.16. The number of nitrogen functional groups attached to an aromatic ring is 1. The number of amides is 1. The molecule has 1 aliphatic carbocycles. The Labute approximate surface area is 156 Å². The molecule has 4 N–H and O–H groups in total. The number of imidazole rings is 1. The third kappa shape index (κ3) is 3.67. The van der Waals surface area contributed by atoms with E-state index in [1.165, 1.54) is 0 Å². The van der Waals surface area contributed by atoms with E-state index in [-0.39, 0.29) is 29.9 Å². The molecule has 2 aliphatic rings. The van der Waals surface area contributed by atoms with Crippen molar-refractivity contribution in [1.29, 1.82) is 0 Å². The van der Waals surface area contributed by atoms with Crippen molar-refractivity contribution in [2.75, 3.05) is 44.5 Å². The molecule has 2 aromatic rings. The summed E-state index contributed by atoms with van der Waals surface area (Å²) >= 11 is 0. The molecule has 1 saturated heterocycles. The van der Waals surface area contributed by atoms with E-state index in [2.05, 4.69) is 25.3 Å². The zero-order valence-electron chi connectivity index (χ0n) is 15.4. The van der Waals surface area contributed by atoms with Crippen LogP contribution in [0.2, 0.25) is 0 Å². The second-order valence-corrected chi connectivity index (χ2v) is 7.00. The number of nitrogens with one attached hydrogen (secondary N) is 2. The van der Waals surface area contributed by atoms with Gasteiger partial charge in [-0.3, -0.25) is 4.79 Å². The molecule has 10 heteroatoms. The molecular formula is C17H25N7O3. The molecule has 0 radical (unpaired) electrons. The largest absolute Gasteiger partial charge is 0.379 e. The second-order valence-electron chi connectivity index (χ2n) is 7.00. The lowest BCUT2D eigenvalue weighted by Crippen LogP contribution is -2.48. The minimum atomic E-state index is -0.0560. The molecule has 0 spiro atoms. The van der Waals surface area contributed by atoms with E-state index in [0.717, 1.165) is 12.8 Å². The van der Waals surface area contributed by atoms with Gasteiger partial charge in [-0.2, -0.15) is 9.97 Å². The van der Waals surface area contributed by atoms with E-state index in [1.54, 1.807) is 13.4 Å². The van der Waals surface area contributed by atoms with Gasteiger partial charge in [-0.25, -0.2) is 4.98 Å². The molecule has 2 aromatic heterocycles. The topological polar surface area (TPSA) is 131 Å². The summed E-state index contributed by atoms with van der Waals surface area (Å²) in [6.07, 6.45) is 3.85. The minimum absolute atomic E-state index is 0.00657. The highest BCUT2D eigenvalue weighted by molar-refractivity contribution is 5.84. The molecule has 4 rings (SSSR count). The second kappa shape index (κ2) is 7.65. The van der Waals surface area contributed by atoms with Crippen LogP contribution in [0.25, 0.3) is 11.2 Å². The van der Waals surface area contributed by atoms with Gasteiger partial charge < -0.3 is 30.4 Å². The number of methoxy groups -OCH3 is 1. The number of fused-ring (bicyclic) bond motifs is 1. The molecule has 2 fully saturated rings. The Hall–Kier alpha value is -2.46. The zero-order chi connectivity index (χ0) is 18.8. The van der Waals surface area contributed by atoms with Crippen molar-refractivity contribution >= 4 is 28.8 Å². The maximum atomic E-state index is 12.9. The highest BCUT2D eigenvalue weighted by atomic mass is 16.5. The quantitative estimate of drug-likeness (QED) is 0.699. The van der Waals surface area contributed by atoms with Gasteiger partial charge in [0.2, 0.25) is 11.9 Å². The fourth-order valence-electron chi connectivity index (χ4n) is 3.97. The highest BCUT2D eigenvalue weighted by Gasteiger charge is 2.36. The molecule has 1 aliphatic heterocycles. The number of aromatic nitrogens is 4. The van der Waals surface area contributed by atoms with E-state index in [4.69, 9.17) is 15.2 Å². The van der Waals surface area contributed by atoms with Gasteiger partial charge in [0.1, 0.15) is 5.52 Å². The third-order valence-corrected chi connectivity index (χ3v) is 5.39. The maximum Gasteiger partial charge on any atom is 0.225 e. The van der Waals surface area contributed by atoms with Crippen molar-refractivity contribution in [3.63, 3.8) is 0 Å². The van der Waals surface area contributed by atoms with Crippen LogP contribution in [0, 0.1) is 5.92 Å². The van der Waals surface area contributed by atoms with Crippen molar-refractivity contribution in [3.8, 4) is 0 Å². The van der Waals surface area contributed by atoms with Crippen LogP contribution in [0.3, 0.4) is 0 Å². The summed E-state index contributed by atoms with van der Waals surface area (Å²) < 4.78 is 11.0. The van der Waals surface area contributed by atoms with Crippen molar-refractivity contribution in [2.45, 2.75) is 31.4 Å². The van der Waals surface area contributed by atoms with Crippen LogP contribution in [-0.4, -0.2) is 76.3 Å². The molecule has 1 saturated carbocycles. The van der Waals surface area contributed by atoms with Crippen LogP contribution in [-0.2, 0) is 14.3 Å². The van der Waals surface area contributed by atoms with Gasteiger partial charge in [-0.05, 0) is 19.3 Å². The molecule has 0 bridgehead atoms. The Kier molecular flexibility index (Phi) is 5.08. The van der Waals surface area contributed by atoms with Crippen LogP contribution in [0.4, 0.5) is 11.8 Å². The molecule has 10 nitrogen and oxygen atoms in total. The van der Waals surface area contributed by atoms with Crippen molar-refractivity contribution in [3.05, 3.63) is 6.33 Å². The number of rotatable bonds is 4. The Morgan fingerprint density at radius 3 is 2.96 bits per heavy atom. The number of carbonyl (C=O) groups excluding carboxylic acids is 1. The lowest BCUT2D eigenvalue weighted by molar-refractivity contribution is -0.141. The number of hydrogen-bond acceptors (Lipinski definition) is 8. The summed E-state index contributed by atoms with van der Waals surface area (Å²) in [7, 11) is 1.70. The number of anilines is 2. The van der Waals surface area contributed by atoms with Crippen LogP contribution >= 0.6 is 0 Å². The summed E-state index contributed by atoms with van der Waals surface area (Å²) in [6, 6.07) is -0.0560. The number of hydrogen-bond donors (Lipinski definition) is 3. The zero-order valence-corrected chi connectivity index (χ0v) is 15.4. The number of nitrogens with two attached hydrogens (primary N) is 1. The number of morpholine rings is 1. The molecular weight excluding hydrogens is 350 g/mol. The SMILES string of the molecule is CO[C@@H]1CC[C@H](C(=O)N2CCOCC2)C[C@H]1Nc1nc(N)nc2nc[nH]c12. The standard InChI is InChI=1S/C17H25N7O3/c1-26-12-3-2-10(16(25)24-4-6-27-7-5-24)8-11(12)21-15-13-14(20-9-19-13)22-17(18)23-15/h9-12H,2-8H2,1H3,(H4,18,19,20,21,22,23)/t10-,11+,12+/m0/s1. The minimum Gasteiger partial charge on any atom is -0.379 e. The lowest BCUT2D eigenvalue weighted by atomic mass is 9.82. The highest BCUT2D eigenvalue weighted by Crippen LogP contribution is 2.31. The third-order valence-electron chi connectivity index (χ3n) is 5.39. The monoisotopic (exact) mass is 375 g/mol. The number of carbonyl (C=O) groups is 1. The maximum absolute atomic E-state index is 12.9. The van der Waals surface area contributed by atoms with Crippen molar-refractivity contribution < 1.29 is 14.3 Å². The van der Waals surface area contributed by atoms with E-state index >= 15 is 0 Å². The summed E-state index contributed by atoms with van der Waals surface area (Å²) in [4.78, 5) is 30.4. The first kappa shape index (κ1) is 17.9. The smallest absolute Gasteiger partial charge is 0.225 e. The fourth-order valence-corrected chi connectivity index (χ4v) is 3.97. The number of aromatic amines is 1. The first-order valence-corrected chi connectivity index (χ1v) is 9.28. The molecule has 0 unspecified atom stereocenters. The lowest BCUT2D eigenvalue weighted by Gasteiger charge is -2.38. The van der Waals surface area contributed by atoms with Gasteiger partial charge in [0.15, 0.2) is 11.5 Å². The Morgan fingerprint density at radius 2 is 2.19 bits per heavy atom. The summed E-state index contributed by atoms with van der Waals surface area (Å²) in [6.45, 7) is 2.55. The molecule has 3 atom stereocenters. The van der Waals surface area contributed by atoms with Gasteiger partial charge in [-0.1, -0.05) is 0 Å². The van der Waals surface area contributed by atoms with Gasteiger partial charge in [0, 0.05) is 26.1 Å². The fraction of sp³-hybridized carbons (Fsp3) is 0.647. The summed E-state index contributed by atoms with van der Waals surface area (Å²) in [5.41, 5.74) is 7.01. The van der Waals surface area contributed by atoms with Crippen molar-refractivity contribution in [1.82, 2.24) is 24.8 Å². The Bertz CT molecular complexity index is 805.